The van der Waals surface area contributed by atoms with Gasteiger partial charge in [0.1, 0.15) is 11.9 Å². The number of benzene rings is 2. The maximum Gasteiger partial charge on any atom is 1.00 e. The molecule has 2 aromatic carbocycles. The average Bonchev–Trinajstić information content (AvgIpc) is 2.45. The summed E-state index contributed by atoms with van der Waals surface area (Å²) in [4.78, 5) is 10.9. The standard InChI is InChI=1S/C15H15NO4.Na/c17-12-8-4-7-11(9-12)16-13(14(18)15(19)20)10-5-2-1-3-6-10;/h1-9,13-14,16-18H,(H,19,20);/q;+1/p-1. The number of carbonyl (C=O) groups excluding carboxylic acids is 1. The minimum Gasteiger partial charge on any atom is -0.547 e. The summed E-state index contributed by atoms with van der Waals surface area (Å²) in [5, 5.41) is 33.0. The molecule has 104 valence electrons. The number of aliphatic carboxylic acids is 1. The van der Waals surface area contributed by atoms with Gasteiger partial charge in [-0.1, -0.05) is 36.4 Å². The Hall–Kier alpha value is -1.53. The van der Waals surface area contributed by atoms with Crippen LogP contribution in [0.15, 0.2) is 54.6 Å². The van der Waals surface area contributed by atoms with Crippen LogP contribution >= 0.6 is 0 Å². The number of aliphatic hydroxyl groups excluding tert-OH is 1. The second kappa shape index (κ2) is 8.05. The Bertz CT molecular complexity index is 591. The molecule has 0 aliphatic heterocycles. The van der Waals surface area contributed by atoms with Crippen molar-refractivity contribution in [1.29, 1.82) is 0 Å². The number of nitrogens with one attached hydrogen (secondary N) is 1. The fourth-order valence-corrected chi connectivity index (χ4v) is 1.92. The average molecular weight is 295 g/mol. The van der Waals surface area contributed by atoms with E-state index in [0.29, 0.717) is 11.3 Å². The monoisotopic (exact) mass is 295 g/mol. The van der Waals surface area contributed by atoms with Crippen molar-refractivity contribution in [3.05, 3.63) is 60.2 Å². The van der Waals surface area contributed by atoms with Crippen LogP contribution in [0.2, 0.25) is 0 Å². The van der Waals surface area contributed by atoms with Crippen LogP contribution in [0.4, 0.5) is 5.69 Å². The molecule has 0 aliphatic rings. The summed E-state index contributed by atoms with van der Waals surface area (Å²) >= 11 is 0. The van der Waals surface area contributed by atoms with Crippen LogP contribution in [0.25, 0.3) is 0 Å². The normalized spacial score (nSPS) is 12.8. The molecule has 6 heteroatoms. The van der Waals surface area contributed by atoms with Crippen molar-refractivity contribution in [2.45, 2.75) is 12.1 Å². The zero-order chi connectivity index (χ0) is 14.5. The van der Waals surface area contributed by atoms with Gasteiger partial charge in [-0.3, -0.25) is 0 Å². The summed E-state index contributed by atoms with van der Waals surface area (Å²) in [5.74, 6) is -1.52. The van der Waals surface area contributed by atoms with Gasteiger partial charge in [0.2, 0.25) is 0 Å². The van der Waals surface area contributed by atoms with Crippen LogP contribution in [-0.2, 0) is 4.79 Å². The Morgan fingerprint density at radius 3 is 2.33 bits per heavy atom. The number of phenols is 1. The zero-order valence-electron chi connectivity index (χ0n) is 11.6. The van der Waals surface area contributed by atoms with E-state index in [1.54, 1.807) is 42.5 Å². The first-order valence-corrected chi connectivity index (χ1v) is 6.07. The van der Waals surface area contributed by atoms with E-state index >= 15 is 0 Å². The van der Waals surface area contributed by atoms with E-state index in [1.165, 1.54) is 12.1 Å². The zero-order valence-corrected chi connectivity index (χ0v) is 13.6. The van der Waals surface area contributed by atoms with Crippen LogP contribution < -0.4 is 40.0 Å². The van der Waals surface area contributed by atoms with Crippen molar-refractivity contribution in [2.24, 2.45) is 0 Å². The third-order valence-corrected chi connectivity index (χ3v) is 2.88. The summed E-state index contributed by atoms with van der Waals surface area (Å²) in [7, 11) is 0. The quantitative estimate of drug-likeness (QED) is 0.538. The minimum atomic E-state index is -1.71. The van der Waals surface area contributed by atoms with Gasteiger partial charge in [0.15, 0.2) is 0 Å². The molecule has 0 saturated heterocycles. The molecule has 2 aromatic rings. The van der Waals surface area contributed by atoms with E-state index < -0.39 is 18.1 Å². The molecule has 0 heterocycles. The van der Waals surface area contributed by atoms with Gasteiger partial charge in [-0.05, 0) is 17.7 Å². The van der Waals surface area contributed by atoms with Gasteiger partial charge < -0.3 is 25.4 Å². The SMILES string of the molecule is O=C([O-])C(O)C(Nc1cccc(O)c1)c1ccccc1.[Na+]. The van der Waals surface area contributed by atoms with Crippen LogP contribution in [0.1, 0.15) is 11.6 Å². The van der Waals surface area contributed by atoms with Gasteiger partial charge in [-0.15, -0.1) is 0 Å². The van der Waals surface area contributed by atoms with E-state index in [9.17, 15) is 20.1 Å². The Kier molecular flexibility index (Phi) is 6.71. The molecule has 0 bridgehead atoms. The smallest absolute Gasteiger partial charge is 0.547 e. The van der Waals surface area contributed by atoms with Gasteiger partial charge >= 0.3 is 29.6 Å². The van der Waals surface area contributed by atoms with E-state index in [0.717, 1.165) is 0 Å². The molecule has 0 fully saturated rings. The van der Waals surface area contributed by atoms with Gasteiger partial charge in [-0.25, -0.2) is 0 Å². The second-order valence-electron chi connectivity index (χ2n) is 4.35. The number of carboxylic acid groups (broad SMARTS) is 1. The Morgan fingerprint density at radius 1 is 1.10 bits per heavy atom. The maximum absolute atomic E-state index is 10.9. The van der Waals surface area contributed by atoms with Gasteiger partial charge in [0.05, 0.1) is 12.0 Å². The molecule has 5 nitrogen and oxygen atoms in total. The topological polar surface area (TPSA) is 92.6 Å². The fraction of sp³-hybridized carbons (Fsp3) is 0.133. The Labute approximate surface area is 144 Å². The summed E-state index contributed by atoms with van der Waals surface area (Å²) in [5.41, 5.74) is 1.10. The van der Waals surface area contributed by atoms with Crippen molar-refractivity contribution < 1.29 is 49.7 Å². The van der Waals surface area contributed by atoms with Crippen LogP contribution in [-0.4, -0.2) is 22.3 Å². The number of anilines is 1. The first kappa shape index (κ1) is 17.5. The predicted octanol–water partition coefficient (Wildman–Crippen LogP) is -2.34. The first-order chi connectivity index (χ1) is 9.58. The number of rotatable bonds is 5. The van der Waals surface area contributed by atoms with Gasteiger partial charge in [0.25, 0.3) is 0 Å². The number of carboxylic acids is 1. The summed E-state index contributed by atoms with van der Waals surface area (Å²) in [6, 6.07) is 14.0. The number of hydrogen-bond donors (Lipinski definition) is 3. The molecular formula is C15H14NNaO4. The van der Waals surface area contributed by atoms with E-state index in [1.807, 2.05) is 0 Å². The molecule has 0 aromatic heterocycles. The van der Waals surface area contributed by atoms with Crippen molar-refractivity contribution in [1.82, 2.24) is 0 Å². The third-order valence-electron chi connectivity index (χ3n) is 2.88. The minimum absolute atomic E-state index is 0. The van der Waals surface area contributed by atoms with Gasteiger partial charge in [-0.2, -0.15) is 0 Å². The summed E-state index contributed by atoms with van der Waals surface area (Å²) in [6.07, 6.45) is -1.71. The molecule has 0 amide bonds. The molecule has 3 N–H and O–H groups in total. The van der Waals surface area contributed by atoms with Crippen LogP contribution in [0, 0.1) is 0 Å². The number of aliphatic hydroxyl groups is 1. The third kappa shape index (κ3) is 4.75. The molecule has 2 unspecified atom stereocenters. The number of hydrogen-bond acceptors (Lipinski definition) is 5. The van der Waals surface area contributed by atoms with Crippen molar-refractivity contribution in [3.63, 3.8) is 0 Å². The largest absolute Gasteiger partial charge is 1.00 e. The van der Waals surface area contributed by atoms with Crippen molar-refractivity contribution >= 4 is 11.7 Å². The second-order valence-corrected chi connectivity index (χ2v) is 4.35. The first-order valence-electron chi connectivity index (χ1n) is 6.07. The summed E-state index contributed by atoms with van der Waals surface area (Å²) < 4.78 is 0. The van der Waals surface area contributed by atoms with Crippen LogP contribution in [0.5, 0.6) is 5.75 Å². The number of carbonyl (C=O) groups is 1. The number of aromatic hydroxyl groups is 1. The molecule has 0 aliphatic carbocycles. The van der Waals surface area contributed by atoms with Crippen molar-refractivity contribution in [3.8, 4) is 5.75 Å². The number of phenolic OH excluding ortho intramolecular Hbond substituents is 1. The van der Waals surface area contributed by atoms with Crippen LogP contribution in [0.3, 0.4) is 0 Å². The van der Waals surface area contributed by atoms with E-state index in [4.69, 9.17) is 0 Å². The van der Waals surface area contributed by atoms with Gasteiger partial charge in [0, 0.05) is 11.8 Å². The molecule has 21 heavy (non-hydrogen) atoms. The molecular weight excluding hydrogens is 281 g/mol. The maximum atomic E-state index is 10.9. The predicted molar refractivity (Wildman–Crippen MR) is 71.9 cm³/mol. The molecule has 2 rings (SSSR count). The molecule has 0 radical (unpaired) electrons. The Morgan fingerprint density at radius 2 is 1.76 bits per heavy atom. The van der Waals surface area contributed by atoms with E-state index in [2.05, 4.69) is 5.32 Å². The molecule has 2 atom stereocenters. The Balaban J connectivity index is 0.00000220. The molecule has 0 spiro atoms. The van der Waals surface area contributed by atoms with E-state index in [-0.39, 0.29) is 35.3 Å². The summed E-state index contributed by atoms with van der Waals surface area (Å²) in [6.45, 7) is 0. The van der Waals surface area contributed by atoms with Crippen molar-refractivity contribution in [2.75, 3.05) is 5.32 Å². The molecule has 0 saturated carbocycles. The fourth-order valence-electron chi connectivity index (χ4n) is 1.92.